The van der Waals surface area contributed by atoms with Crippen molar-refractivity contribution in [1.82, 2.24) is 0 Å². The van der Waals surface area contributed by atoms with Crippen LogP contribution in [0.2, 0.25) is 0 Å². The zero-order valence-corrected chi connectivity index (χ0v) is 7.33. The second-order valence-corrected chi connectivity index (χ2v) is 3.18. The van der Waals surface area contributed by atoms with Crippen molar-refractivity contribution in [3.05, 3.63) is 29.8 Å². The molecular formula is C10H15NO. The molecule has 0 radical (unpaired) electrons. The van der Waals surface area contributed by atoms with Crippen molar-refractivity contribution < 1.29 is 5.11 Å². The minimum absolute atomic E-state index is 0.249. The molecule has 0 heterocycles. The van der Waals surface area contributed by atoms with Crippen LogP contribution in [-0.4, -0.2) is 11.1 Å². The first-order valence-electron chi connectivity index (χ1n) is 4.22. The first-order chi connectivity index (χ1) is 5.68. The molecule has 0 spiro atoms. The van der Waals surface area contributed by atoms with E-state index >= 15 is 0 Å². The summed E-state index contributed by atoms with van der Waals surface area (Å²) in [7, 11) is 0. The van der Waals surface area contributed by atoms with Crippen molar-refractivity contribution in [2.45, 2.75) is 25.8 Å². The van der Waals surface area contributed by atoms with E-state index in [1.54, 1.807) is 12.1 Å². The van der Waals surface area contributed by atoms with Gasteiger partial charge in [-0.3, -0.25) is 0 Å². The first kappa shape index (κ1) is 9.07. The molecule has 0 fully saturated rings. The van der Waals surface area contributed by atoms with Crippen molar-refractivity contribution in [3.63, 3.8) is 0 Å². The third kappa shape index (κ3) is 2.93. The molecule has 3 N–H and O–H groups in total. The lowest BCUT2D eigenvalue weighted by Gasteiger charge is -2.04. The van der Waals surface area contributed by atoms with Gasteiger partial charge in [-0.1, -0.05) is 12.1 Å². The lowest BCUT2D eigenvalue weighted by molar-refractivity contribution is 0.475. The second kappa shape index (κ2) is 4.12. The molecule has 0 bridgehead atoms. The Balaban J connectivity index is 2.48. The van der Waals surface area contributed by atoms with E-state index in [-0.39, 0.29) is 6.04 Å². The van der Waals surface area contributed by atoms with Crippen molar-refractivity contribution >= 4 is 0 Å². The van der Waals surface area contributed by atoms with Crippen molar-refractivity contribution in [2.24, 2.45) is 5.73 Å². The van der Waals surface area contributed by atoms with E-state index in [9.17, 15) is 0 Å². The molecule has 0 aromatic heterocycles. The average molecular weight is 177 g/mol. The molecule has 0 aliphatic carbocycles. The lowest BCUT2D eigenvalue weighted by Crippen LogP contribution is -2.15. The van der Waals surface area contributed by atoms with Gasteiger partial charge in [-0.05, 0) is 37.5 Å². The van der Waals surface area contributed by atoms with Crippen LogP contribution in [0.25, 0.3) is 0 Å². The lowest BCUT2D eigenvalue weighted by atomic mass is 10.3. The number of phenolic OH excluding ortho intramolecular Hbond substituents is 1. The number of aryl methyl sites for hydroxylation is 1. The van der Waals surface area contributed by atoms with Gasteiger partial charge in [0.2, 0.25) is 0 Å². The molecule has 1 rings (SSSR count). The van der Waals surface area contributed by atoms with Gasteiger partial charge in [-0.25, -0.2) is 0 Å². The summed E-state index contributed by atoms with van der Waals surface area (Å²) in [5.74, 6) is 0.319. The summed E-state index contributed by atoms with van der Waals surface area (Å²) in [5, 5.41) is 9.01. The van der Waals surface area contributed by atoms with Crippen LogP contribution in [0.15, 0.2) is 24.3 Å². The second-order valence-electron chi connectivity index (χ2n) is 3.18. The highest BCUT2D eigenvalue weighted by Gasteiger charge is 1.96. The molecule has 0 amide bonds. The Kier molecular flexibility index (Phi) is 3.11. The summed E-state index contributed by atoms with van der Waals surface area (Å²) in [4.78, 5) is 0. The Morgan fingerprint density at radius 3 is 2.42 bits per heavy atom. The van der Waals surface area contributed by atoms with Crippen LogP contribution >= 0.6 is 0 Å². The van der Waals surface area contributed by atoms with E-state index in [1.807, 2.05) is 19.1 Å². The number of nitrogens with two attached hydrogens (primary N) is 1. The van der Waals surface area contributed by atoms with Crippen LogP contribution in [0, 0.1) is 0 Å². The van der Waals surface area contributed by atoms with Crippen LogP contribution in [0.3, 0.4) is 0 Å². The van der Waals surface area contributed by atoms with Gasteiger partial charge in [0.05, 0.1) is 0 Å². The van der Waals surface area contributed by atoms with Crippen molar-refractivity contribution in [1.29, 1.82) is 0 Å². The van der Waals surface area contributed by atoms with Gasteiger partial charge >= 0.3 is 0 Å². The summed E-state index contributed by atoms with van der Waals surface area (Å²) in [6.07, 6.45) is 1.97. The number of rotatable bonds is 3. The SMILES string of the molecule is CC(N)CC[14c]1[14cH][14cH][14c](O)[14cH][14cH]1. The van der Waals surface area contributed by atoms with E-state index < -0.39 is 0 Å². The number of benzene rings is 1. The first-order valence-corrected chi connectivity index (χ1v) is 4.22. The highest BCUT2D eigenvalue weighted by atomic mass is 16.5. The molecule has 1 atom stereocenters. The molecule has 1 unspecified atom stereocenters. The number of hydrogen-bond acceptors (Lipinski definition) is 2. The maximum absolute atomic E-state index is 9.01. The largest absolute Gasteiger partial charge is 0.508 e. The predicted molar refractivity (Wildman–Crippen MR) is 50.1 cm³/mol. The molecule has 0 aliphatic rings. The van der Waals surface area contributed by atoms with Crippen molar-refractivity contribution in [3.8, 4) is 5.75 Å². The Bertz CT molecular complexity index is 228. The van der Waals surface area contributed by atoms with E-state index in [0.717, 1.165) is 12.8 Å². The van der Waals surface area contributed by atoms with E-state index in [2.05, 4.69) is 0 Å². The molecule has 1 aromatic carbocycles. The standard InChI is InChI=1S/C10H15NO/c1-8(11)2-3-9-4-6-10(12)7-5-9/h4-8,12H,2-3,11H2,1H3/i4+2,5+2,6+2,7+2,9+2,10+2. The monoisotopic (exact) mass is 177 g/mol. The van der Waals surface area contributed by atoms with Gasteiger partial charge in [0.1, 0.15) is 5.75 Å². The zero-order chi connectivity index (χ0) is 8.97. The maximum atomic E-state index is 9.01. The molecule has 2 heteroatoms. The van der Waals surface area contributed by atoms with Gasteiger partial charge < -0.3 is 10.8 Å². The van der Waals surface area contributed by atoms with Gasteiger partial charge in [-0.2, -0.15) is 0 Å². The fraction of sp³-hybridized carbons (Fsp3) is 0.400. The molecule has 0 saturated carbocycles. The van der Waals surface area contributed by atoms with Gasteiger partial charge in [0.25, 0.3) is 0 Å². The van der Waals surface area contributed by atoms with Gasteiger partial charge in [0, 0.05) is 6.04 Å². The average Bonchev–Trinajstić information content (AvgIpc) is 2.03. The smallest absolute Gasteiger partial charge is 0.115 e. The fourth-order valence-electron chi connectivity index (χ4n) is 1.06. The van der Waals surface area contributed by atoms with Gasteiger partial charge in [0.15, 0.2) is 0 Å². The molecular weight excluding hydrogens is 162 g/mol. The van der Waals surface area contributed by atoms with E-state index in [1.165, 1.54) is 5.56 Å². The van der Waals surface area contributed by atoms with Crippen molar-refractivity contribution in [2.75, 3.05) is 0 Å². The van der Waals surface area contributed by atoms with Crippen LogP contribution in [0.4, 0.5) is 0 Å². The minimum atomic E-state index is 0.249. The molecule has 1 aromatic rings. The molecule has 2 nitrogen and oxygen atoms in total. The third-order valence-electron chi connectivity index (χ3n) is 1.82. The van der Waals surface area contributed by atoms with Gasteiger partial charge in [-0.15, -0.1) is 0 Å². The van der Waals surface area contributed by atoms with Crippen LogP contribution in [-0.2, 0) is 6.42 Å². The van der Waals surface area contributed by atoms with E-state index in [4.69, 9.17) is 10.8 Å². The maximum Gasteiger partial charge on any atom is 0.115 e. The number of phenols is 1. The molecule has 0 aliphatic heterocycles. The highest BCUT2D eigenvalue weighted by molar-refractivity contribution is 5.25. The Labute approximate surface area is 73.0 Å². The van der Waals surface area contributed by atoms with Crippen LogP contribution in [0.5, 0.6) is 5.75 Å². The van der Waals surface area contributed by atoms with Crippen LogP contribution in [0.1, 0.15) is 18.9 Å². The Hall–Kier alpha value is -1.02. The van der Waals surface area contributed by atoms with E-state index in [0.29, 0.717) is 5.75 Å². The summed E-state index contributed by atoms with van der Waals surface area (Å²) >= 11 is 0. The summed E-state index contributed by atoms with van der Waals surface area (Å²) < 4.78 is 0. The fourth-order valence-corrected chi connectivity index (χ4v) is 1.06. The predicted octanol–water partition coefficient (Wildman–Crippen LogP) is 1.67. The Morgan fingerprint density at radius 1 is 1.33 bits per heavy atom. The highest BCUT2D eigenvalue weighted by Crippen LogP contribution is 2.11. The zero-order valence-electron chi connectivity index (χ0n) is 7.33. The molecule has 0 saturated heterocycles. The Morgan fingerprint density at radius 2 is 1.92 bits per heavy atom. The third-order valence-corrected chi connectivity index (χ3v) is 1.82. The minimum Gasteiger partial charge on any atom is -0.508 e. The quantitative estimate of drug-likeness (QED) is 0.737. The molecule has 12 heavy (non-hydrogen) atoms. The normalized spacial score (nSPS) is 12.8. The number of aromatic hydroxyl groups is 1. The topological polar surface area (TPSA) is 46.2 Å². The summed E-state index contributed by atoms with van der Waals surface area (Å²) in [6, 6.07) is 7.52. The van der Waals surface area contributed by atoms with Crippen LogP contribution < -0.4 is 5.73 Å². The number of hydrogen-bond donors (Lipinski definition) is 2. The molecule has 66 valence electrons. The summed E-state index contributed by atoms with van der Waals surface area (Å²) in [5.41, 5.74) is 6.85. The summed E-state index contributed by atoms with van der Waals surface area (Å²) in [6.45, 7) is 2.00.